The van der Waals surface area contributed by atoms with Crippen LogP contribution in [-0.4, -0.2) is 23.4 Å². The molecule has 2 N–H and O–H groups in total. The Bertz CT molecular complexity index is 459. The molecule has 2 rings (SSSR count). The van der Waals surface area contributed by atoms with E-state index in [9.17, 15) is 4.39 Å². The predicted octanol–water partition coefficient (Wildman–Crippen LogP) is 2.56. The Balaban J connectivity index is 2.31. The fraction of sp³-hybridized carbons (Fsp3) is 0.417. The van der Waals surface area contributed by atoms with Crippen LogP contribution in [0.3, 0.4) is 0 Å². The summed E-state index contributed by atoms with van der Waals surface area (Å²) in [5.41, 5.74) is 6.78. The van der Waals surface area contributed by atoms with E-state index in [4.69, 9.17) is 17.3 Å². The highest BCUT2D eigenvalue weighted by Crippen LogP contribution is 2.29. The second kappa shape index (κ2) is 4.53. The summed E-state index contributed by atoms with van der Waals surface area (Å²) in [6, 6.07) is 5.05. The van der Waals surface area contributed by atoms with Crippen LogP contribution in [-0.2, 0) is 0 Å². The van der Waals surface area contributed by atoms with Crippen molar-refractivity contribution in [3.63, 3.8) is 0 Å². The van der Waals surface area contributed by atoms with Crippen molar-refractivity contribution in [1.82, 2.24) is 4.90 Å². The molecule has 0 aliphatic carbocycles. The summed E-state index contributed by atoms with van der Waals surface area (Å²) in [4.78, 5) is 6.25. The highest BCUT2D eigenvalue weighted by molar-refractivity contribution is 6.30. The second-order valence-electron chi connectivity index (χ2n) is 4.39. The normalized spacial score (nSPS) is 19.9. The quantitative estimate of drug-likeness (QED) is 0.883. The minimum absolute atomic E-state index is 0.0492. The number of aliphatic imine (C=N–C) groups is 1. The molecule has 0 fully saturated rings. The fourth-order valence-corrected chi connectivity index (χ4v) is 2.31. The van der Waals surface area contributed by atoms with Gasteiger partial charge < -0.3 is 10.6 Å². The lowest BCUT2D eigenvalue weighted by molar-refractivity contribution is 0.290. The van der Waals surface area contributed by atoms with Crippen LogP contribution in [0.25, 0.3) is 0 Å². The maximum atomic E-state index is 13.1. The first-order valence-corrected chi connectivity index (χ1v) is 5.91. The molecular weight excluding hydrogens is 241 g/mol. The summed E-state index contributed by atoms with van der Waals surface area (Å²) in [6.07, 6.45) is 0. The molecule has 1 unspecified atom stereocenters. The van der Waals surface area contributed by atoms with E-state index in [0.29, 0.717) is 12.5 Å². The first-order valence-electron chi connectivity index (χ1n) is 5.54. The molecular formula is C12H15ClFN3. The average molecular weight is 256 g/mol. The lowest BCUT2D eigenvalue weighted by atomic mass is 10.1. The molecule has 0 saturated heterocycles. The predicted molar refractivity (Wildman–Crippen MR) is 67.6 cm³/mol. The van der Waals surface area contributed by atoms with Crippen molar-refractivity contribution in [3.05, 3.63) is 34.6 Å². The molecule has 92 valence electrons. The van der Waals surface area contributed by atoms with Gasteiger partial charge in [-0.2, -0.15) is 0 Å². The first-order chi connectivity index (χ1) is 8.00. The molecule has 0 bridgehead atoms. The van der Waals surface area contributed by atoms with Gasteiger partial charge in [0.2, 0.25) is 0 Å². The number of benzene rings is 1. The second-order valence-corrected chi connectivity index (χ2v) is 4.80. The number of hydrogen-bond donors (Lipinski definition) is 1. The van der Waals surface area contributed by atoms with Crippen LogP contribution in [0.15, 0.2) is 23.2 Å². The largest absolute Gasteiger partial charge is 0.370 e. The van der Waals surface area contributed by atoms with Gasteiger partial charge in [0, 0.05) is 6.04 Å². The lowest BCUT2D eigenvalue weighted by Gasteiger charge is -2.30. The van der Waals surface area contributed by atoms with Crippen molar-refractivity contribution in [2.24, 2.45) is 10.7 Å². The van der Waals surface area contributed by atoms with Crippen LogP contribution in [0, 0.1) is 5.82 Å². The Morgan fingerprint density at radius 3 is 2.82 bits per heavy atom. The summed E-state index contributed by atoms with van der Waals surface area (Å²) in [5, 5.41) is 0.136. The van der Waals surface area contributed by atoms with Gasteiger partial charge in [-0.1, -0.05) is 17.7 Å². The number of nitrogens with zero attached hydrogens (tertiary/aromatic N) is 2. The fourth-order valence-electron chi connectivity index (χ4n) is 2.12. The van der Waals surface area contributed by atoms with Gasteiger partial charge in [-0.15, -0.1) is 0 Å². The van der Waals surface area contributed by atoms with Crippen molar-refractivity contribution >= 4 is 17.6 Å². The van der Waals surface area contributed by atoms with Gasteiger partial charge in [0.15, 0.2) is 5.96 Å². The van der Waals surface area contributed by atoms with Crippen LogP contribution < -0.4 is 5.73 Å². The topological polar surface area (TPSA) is 41.6 Å². The molecule has 0 saturated carbocycles. The van der Waals surface area contributed by atoms with E-state index in [1.807, 2.05) is 18.7 Å². The summed E-state index contributed by atoms with van der Waals surface area (Å²) in [5.74, 6) is 0.129. The zero-order valence-electron chi connectivity index (χ0n) is 9.82. The Hall–Kier alpha value is -1.29. The molecule has 1 heterocycles. The average Bonchev–Trinajstić information content (AvgIpc) is 2.64. The molecule has 1 aromatic carbocycles. The Morgan fingerprint density at radius 2 is 2.24 bits per heavy atom. The highest BCUT2D eigenvalue weighted by Gasteiger charge is 2.29. The zero-order chi connectivity index (χ0) is 12.6. The Labute approximate surface area is 105 Å². The van der Waals surface area contributed by atoms with Crippen molar-refractivity contribution in [2.45, 2.75) is 25.9 Å². The summed E-state index contributed by atoms with van der Waals surface area (Å²) >= 11 is 5.79. The molecule has 3 nitrogen and oxygen atoms in total. The van der Waals surface area contributed by atoms with Crippen LogP contribution in [0.4, 0.5) is 4.39 Å². The third-order valence-electron chi connectivity index (χ3n) is 2.91. The molecule has 0 radical (unpaired) electrons. The zero-order valence-corrected chi connectivity index (χ0v) is 10.6. The number of hydrogen-bond acceptors (Lipinski definition) is 3. The maximum absolute atomic E-state index is 13.1. The maximum Gasteiger partial charge on any atom is 0.192 e. The molecule has 1 aromatic rings. The van der Waals surface area contributed by atoms with E-state index in [0.717, 1.165) is 5.56 Å². The van der Waals surface area contributed by atoms with Gasteiger partial charge >= 0.3 is 0 Å². The number of nitrogens with two attached hydrogens (primary N) is 1. The third-order valence-corrected chi connectivity index (χ3v) is 3.20. The monoisotopic (exact) mass is 255 g/mol. The van der Waals surface area contributed by atoms with Gasteiger partial charge in [-0.05, 0) is 31.5 Å². The number of rotatable bonds is 2. The molecule has 1 aliphatic heterocycles. The van der Waals surface area contributed by atoms with Crippen molar-refractivity contribution < 1.29 is 4.39 Å². The standard InChI is InChI=1S/C12H15ClFN3/c1-7(2)17-11(6-16-12(17)15)8-3-4-10(14)9(13)5-8/h3-5,7,11H,6H2,1-2H3,(H2,15,16). The summed E-state index contributed by atoms with van der Waals surface area (Å²) < 4.78 is 13.1. The van der Waals surface area contributed by atoms with Crippen molar-refractivity contribution in [1.29, 1.82) is 0 Å². The van der Waals surface area contributed by atoms with Crippen molar-refractivity contribution in [3.8, 4) is 0 Å². The Kier molecular flexibility index (Phi) is 3.24. The molecule has 0 aromatic heterocycles. The smallest absolute Gasteiger partial charge is 0.192 e. The highest BCUT2D eigenvalue weighted by atomic mass is 35.5. The van der Waals surface area contributed by atoms with Crippen LogP contribution >= 0.6 is 11.6 Å². The van der Waals surface area contributed by atoms with E-state index >= 15 is 0 Å². The van der Waals surface area contributed by atoms with Gasteiger partial charge in [0.1, 0.15) is 5.82 Å². The molecule has 1 atom stereocenters. The van der Waals surface area contributed by atoms with E-state index in [-0.39, 0.29) is 17.1 Å². The molecule has 5 heteroatoms. The van der Waals surface area contributed by atoms with E-state index < -0.39 is 5.82 Å². The van der Waals surface area contributed by atoms with Gasteiger partial charge in [-0.3, -0.25) is 4.99 Å². The van der Waals surface area contributed by atoms with Gasteiger partial charge in [0.05, 0.1) is 17.6 Å². The SMILES string of the molecule is CC(C)N1C(N)=NCC1c1ccc(F)c(Cl)c1. The van der Waals surface area contributed by atoms with Gasteiger partial charge in [-0.25, -0.2) is 4.39 Å². The van der Waals surface area contributed by atoms with Crippen molar-refractivity contribution in [2.75, 3.05) is 6.54 Å². The number of halogens is 2. The first kappa shape index (κ1) is 12.2. The van der Waals surface area contributed by atoms with Crippen LogP contribution in [0.1, 0.15) is 25.5 Å². The molecule has 0 amide bonds. The van der Waals surface area contributed by atoms with Crippen LogP contribution in [0.5, 0.6) is 0 Å². The molecule has 0 spiro atoms. The minimum atomic E-state index is -0.404. The minimum Gasteiger partial charge on any atom is -0.370 e. The summed E-state index contributed by atoms with van der Waals surface area (Å²) in [6.45, 7) is 4.68. The number of guanidine groups is 1. The summed E-state index contributed by atoms with van der Waals surface area (Å²) in [7, 11) is 0. The van der Waals surface area contributed by atoms with E-state index in [1.165, 1.54) is 6.07 Å². The molecule has 17 heavy (non-hydrogen) atoms. The Morgan fingerprint density at radius 1 is 1.53 bits per heavy atom. The van der Waals surface area contributed by atoms with E-state index in [1.54, 1.807) is 12.1 Å². The molecule has 1 aliphatic rings. The van der Waals surface area contributed by atoms with Crippen LogP contribution in [0.2, 0.25) is 5.02 Å². The van der Waals surface area contributed by atoms with E-state index in [2.05, 4.69) is 4.99 Å². The lowest BCUT2D eigenvalue weighted by Crippen LogP contribution is -2.40. The van der Waals surface area contributed by atoms with Gasteiger partial charge in [0.25, 0.3) is 0 Å². The third kappa shape index (κ3) is 2.22.